The van der Waals surface area contributed by atoms with Gasteiger partial charge in [0.05, 0.1) is 12.6 Å². The summed E-state index contributed by atoms with van der Waals surface area (Å²) in [6, 6.07) is -4.11. The van der Waals surface area contributed by atoms with Crippen LogP contribution in [-0.2, 0) is 19.2 Å². The van der Waals surface area contributed by atoms with Crippen LogP contribution in [0.15, 0.2) is 0 Å². The first-order chi connectivity index (χ1) is 14.6. The smallest absolute Gasteiger partial charge is 0.328 e. The fourth-order valence-corrected chi connectivity index (χ4v) is 3.55. The number of hydrogen-bond donors (Lipinski definition) is 6. The summed E-state index contributed by atoms with van der Waals surface area (Å²) >= 11 is 3.03. The quantitative estimate of drug-likeness (QED) is 0.169. The third kappa shape index (κ3) is 12.2. The number of aliphatic hydroxyl groups is 1. The zero-order valence-corrected chi connectivity index (χ0v) is 20.2. The molecule has 3 amide bonds. The standard InChI is InChI=1S/C19H36N4O6S2/c1-11(2)9-14(22-16(25)12(20)5-7-30-3)18(27)21-13(6-8-31-4)17(26)23-15(10-24)19(28)29/h11-15,24H,5-10,20H2,1-4H3,(H,21,27)(H,22,25)(H,23,26)(H,28,29). The summed E-state index contributed by atoms with van der Waals surface area (Å²) in [6.07, 6.45) is 4.82. The minimum absolute atomic E-state index is 0.0859. The Kier molecular flexibility index (Phi) is 15.4. The van der Waals surface area contributed by atoms with Crippen LogP contribution in [0.4, 0.5) is 0 Å². The second kappa shape index (κ2) is 16.2. The van der Waals surface area contributed by atoms with Crippen LogP contribution in [0.5, 0.6) is 0 Å². The zero-order chi connectivity index (χ0) is 24.0. The van der Waals surface area contributed by atoms with Gasteiger partial charge in [-0.05, 0) is 49.2 Å². The number of rotatable bonds is 16. The number of thioether (sulfide) groups is 2. The molecular formula is C19H36N4O6S2. The number of hydrogen-bond acceptors (Lipinski definition) is 8. The summed E-state index contributed by atoms with van der Waals surface area (Å²) in [6.45, 7) is 3.03. The van der Waals surface area contributed by atoms with E-state index < -0.39 is 54.5 Å². The van der Waals surface area contributed by atoms with Crippen LogP contribution >= 0.6 is 23.5 Å². The average Bonchev–Trinajstić information content (AvgIpc) is 2.71. The van der Waals surface area contributed by atoms with E-state index in [-0.39, 0.29) is 12.3 Å². The number of carboxylic acids is 1. The number of nitrogens with one attached hydrogen (secondary N) is 3. The summed E-state index contributed by atoms with van der Waals surface area (Å²) in [5.74, 6) is -1.74. The van der Waals surface area contributed by atoms with E-state index in [0.29, 0.717) is 24.3 Å². The van der Waals surface area contributed by atoms with Crippen molar-refractivity contribution >= 4 is 47.2 Å². The molecule has 4 unspecified atom stereocenters. The third-order valence-corrected chi connectivity index (χ3v) is 5.64. The number of amides is 3. The van der Waals surface area contributed by atoms with Crippen molar-refractivity contribution < 1.29 is 29.4 Å². The highest BCUT2D eigenvalue weighted by molar-refractivity contribution is 7.98. The predicted molar refractivity (Wildman–Crippen MR) is 124 cm³/mol. The molecule has 12 heteroatoms. The Morgan fingerprint density at radius 1 is 0.839 bits per heavy atom. The lowest BCUT2D eigenvalue weighted by molar-refractivity contribution is -0.143. The lowest BCUT2D eigenvalue weighted by Crippen LogP contribution is -2.57. The van der Waals surface area contributed by atoms with Crippen molar-refractivity contribution in [2.45, 2.75) is 57.3 Å². The van der Waals surface area contributed by atoms with Gasteiger partial charge in [0.15, 0.2) is 0 Å². The van der Waals surface area contributed by atoms with Crippen molar-refractivity contribution in [1.29, 1.82) is 0 Å². The molecule has 0 aliphatic rings. The summed E-state index contributed by atoms with van der Waals surface area (Å²) in [7, 11) is 0. The Morgan fingerprint density at radius 2 is 1.32 bits per heavy atom. The molecule has 0 saturated heterocycles. The Balaban J connectivity index is 5.31. The van der Waals surface area contributed by atoms with Crippen molar-refractivity contribution in [2.24, 2.45) is 11.7 Å². The van der Waals surface area contributed by atoms with Crippen LogP contribution in [-0.4, -0.2) is 88.7 Å². The molecule has 0 fully saturated rings. The molecule has 0 bridgehead atoms. The van der Waals surface area contributed by atoms with Gasteiger partial charge in [0, 0.05) is 0 Å². The number of carbonyl (C=O) groups excluding carboxylic acids is 3. The fourth-order valence-electron chi connectivity index (χ4n) is 2.59. The number of nitrogens with two attached hydrogens (primary N) is 1. The van der Waals surface area contributed by atoms with Crippen molar-refractivity contribution in [3.8, 4) is 0 Å². The van der Waals surface area contributed by atoms with Gasteiger partial charge < -0.3 is 31.9 Å². The lowest BCUT2D eigenvalue weighted by Gasteiger charge is -2.25. The van der Waals surface area contributed by atoms with Gasteiger partial charge in [-0.2, -0.15) is 23.5 Å². The molecule has 7 N–H and O–H groups in total. The summed E-state index contributed by atoms with van der Waals surface area (Å²) in [5, 5.41) is 25.7. The topological polar surface area (TPSA) is 171 Å². The zero-order valence-electron chi connectivity index (χ0n) is 18.6. The first-order valence-corrected chi connectivity index (χ1v) is 12.8. The third-order valence-electron chi connectivity index (χ3n) is 4.35. The molecule has 0 heterocycles. The number of aliphatic hydroxyl groups excluding tert-OH is 1. The van der Waals surface area contributed by atoms with Crippen LogP contribution in [0.2, 0.25) is 0 Å². The molecule has 10 nitrogen and oxygen atoms in total. The van der Waals surface area contributed by atoms with Gasteiger partial charge in [-0.3, -0.25) is 14.4 Å². The highest BCUT2D eigenvalue weighted by Crippen LogP contribution is 2.08. The van der Waals surface area contributed by atoms with Gasteiger partial charge in [-0.15, -0.1) is 0 Å². The maximum Gasteiger partial charge on any atom is 0.328 e. The highest BCUT2D eigenvalue weighted by atomic mass is 32.2. The summed E-state index contributed by atoms with van der Waals surface area (Å²) < 4.78 is 0. The molecule has 31 heavy (non-hydrogen) atoms. The SMILES string of the molecule is CSCCC(N)C(=O)NC(CC(C)C)C(=O)NC(CCSC)C(=O)NC(CO)C(=O)O. The van der Waals surface area contributed by atoms with E-state index in [4.69, 9.17) is 15.9 Å². The van der Waals surface area contributed by atoms with Gasteiger partial charge in [0.2, 0.25) is 17.7 Å². The Bertz CT molecular complexity index is 594. The second-order valence-electron chi connectivity index (χ2n) is 7.50. The molecule has 0 rings (SSSR count). The average molecular weight is 481 g/mol. The minimum Gasteiger partial charge on any atom is -0.480 e. The van der Waals surface area contributed by atoms with Crippen LogP contribution in [0.3, 0.4) is 0 Å². The molecule has 0 aliphatic carbocycles. The van der Waals surface area contributed by atoms with Crippen molar-refractivity contribution in [3.05, 3.63) is 0 Å². The van der Waals surface area contributed by atoms with Gasteiger partial charge in [0.25, 0.3) is 0 Å². The van der Waals surface area contributed by atoms with Gasteiger partial charge >= 0.3 is 5.97 Å². The van der Waals surface area contributed by atoms with E-state index >= 15 is 0 Å². The maximum atomic E-state index is 12.9. The molecule has 0 aromatic rings. The highest BCUT2D eigenvalue weighted by Gasteiger charge is 2.30. The predicted octanol–water partition coefficient (Wildman–Crippen LogP) is -0.603. The first kappa shape index (κ1) is 29.5. The van der Waals surface area contributed by atoms with E-state index in [1.807, 2.05) is 26.4 Å². The first-order valence-electron chi connectivity index (χ1n) is 10.1. The van der Waals surface area contributed by atoms with E-state index in [1.165, 1.54) is 11.8 Å². The molecular weight excluding hydrogens is 444 g/mol. The number of carbonyl (C=O) groups is 4. The minimum atomic E-state index is -1.47. The number of carboxylic acid groups (broad SMARTS) is 1. The van der Waals surface area contributed by atoms with Crippen LogP contribution < -0.4 is 21.7 Å². The molecule has 0 saturated carbocycles. The van der Waals surface area contributed by atoms with E-state index in [2.05, 4.69) is 16.0 Å². The fraction of sp³-hybridized carbons (Fsp3) is 0.789. The Labute approximate surface area is 192 Å². The summed E-state index contributed by atoms with van der Waals surface area (Å²) in [5.41, 5.74) is 5.89. The van der Waals surface area contributed by atoms with Gasteiger partial charge in [-0.1, -0.05) is 13.8 Å². The van der Waals surface area contributed by atoms with Crippen LogP contribution in [0.1, 0.15) is 33.1 Å². The van der Waals surface area contributed by atoms with Gasteiger partial charge in [0.1, 0.15) is 18.1 Å². The van der Waals surface area contributed by atoms with E-state index in [1.54, 1.807) is 11.8 Å². The maximum absolute atomic E-state index is 12.9. The molecule has 0 aromatic carbocycles. The van der Waals surface area contributed by atoms with Crippen LogP contribution in [0.25, 0.3) is 0 Å². The second-order valence-corrected chi connectivity index (χ2v) is 9.47. The number of aliphatic carboxylic acids is 1. The van der Waals surface area contributed by atoms with Crippen LogP contribution in [0, 0.1) is 5.92 Å². The van der Waals surface area contributed by atoms with Gasteiger partial charge in [-0.25, -0.2) is 4.79 Å². The molecule has 0 spiro atoms. The Hall–Kier alpha value is -1.50. The molecule has 0 aliphatic heterocycles. The molecule has 180 valence electrons. The van der Waals surface area contributed by atoms with Crippen molar-refractivity contribution in [3.63, 3.8) is 0 Å². The van der Waals surface area contributed by atoms with Crippen molar-refractivity contribution in [2.75, 3.05) is 30.6 Å². The molecule has 0 aromatic heterocycles. The van der Waals surface area contributed by atoms with E-state index in [9.17, 15) is 19.2 Å². The lowest BCUT2D eigenvalue weighted by atomic mass is 10.0. The summed E-state index contributed by atoms with van der Waals surface area (Å²) in [4.78, 5) is 48.9. The monoisotopic (exact) mass is 480 g/mol. The molecule has 0 radical (unpaired) electrons. The van der Waals surface area contributed by atoms with Crippen molar-refractivity contribution in [1.82, 2.24) is 16.0 Å². The molecule has 4 atom stereocenters. The normalized spacial score (nSPS) is 14.9. The largest absolute Gasteiger partial charge is 0.480 e. The Morgan fingerprint density at radius 3 is 1.81 bits per heavy atom. The van der Waals surface area contributed by atoms with E-state index in [0.717, 1.165) is 0 Å².